The maximum absolute atomic E-state index is 14.3. The van der Waals surface area contributed by atoms with Gasteiger partial charge in [-0.2, -0.15) is 0 Å². The molecule has 4 aromatic rings. The number of sulfone groups is 2. The molecule has 0 amide bonds. The van der Waals surface area contributed by atoms with E-state index in [-0.39, 0.29) is 38.6 Å². The van der Waals surface area contributed by atoms with Gasteiger partial charge in [-0.3, -0.25) is 9.19 Å². The molecule has 0 aliphatic carbocycles. The highest BCUT2D eigenvalue weighted by Crippen LogP contribution is 2.36. The van der Waals surface area contributed by atoms with Crippen LogP contribution in [0.3, 0.4) is 0 Å². The summed E-state index contributed by atoms with van der Waals surface area (Å²) >= 11 is 0. The summed E-state index contributed by atoms with van der Waals surface area (Å²) in [6.45, 7) is 4.47. The van der Waals surface area contributed by atoms with Crippen molar-refractivity contribution < 1.29 is 44.8 Å². The number of aromatic nitrogens is 1. The Kier molecular flexibility index (Phi) is 10.7. The van der Waals surface area contributed by atoms with Crippen molar-refractivity contribution in [1.29, 1.82) is 0 Å². The predicted molar refractivity (Wildman–Crippen MR) is 183 cm³/mol. The molecule has 0 saturated heterocycles. The first-order valence-electron chi connectivity index (χ1n) is 15.1. The summed E-state index contributed by atoms with van der Waals surface area (Å²) in [6, 6.07) is 16.1. The first kappa shape index (κ1) is 36.6. The first-order valence-corrected chi connectivity index (χ1v) is 19.6. The van der Waals surface area contributed by atoms with Crippen molar-refractivity contribution in [3.8, 4) is 17.2 Å². The van der Waals surface area contributed by atoms with Crippen LogP contribution >= 0.6 is 0 Å². The van der Waals surface area contributed by atoms with Crippen LogP contribution in [-0.2, 0) is 45.8 Å². The highest BCUT2D eigenvalue weighted by molar-refractivity contribution is 8.07. The van der Waals surface area contributed by atoms with Crippen molar-refractivity contribution in [2.24, 2.45) is 9.98 Å². The fourth-order valence-corrected chi connectivity index (χ4v) is 10.0. The Morgan fingerprint density at radius 2 is 1.46 bits per heavy atom. The Balaban J connectivity index is 1.33. The summed E-state index contributed by atoms with van der Waals surface area (Å²) in [4.78, 5) is 25.4. The Labute approximate surface area is 292 Å². The monoisotopic (exact) mass is 741 g/mol. The zero-order valence-corrected chi connectivity index (χ0v) is 30.4. The molecule has 1 aliphatic heterocycles. The van der Waals surface area contributed by atoms with Crippen molar-refractivity contribution in [2.75, 3.05) is 33.2 Å². The number of benzene rings is 3. The van der Waals surface area contributed by atoms with Gasteiger partial charge in [-0.1, -0.05) is 17.7 Å². The van der Waals surface area contributed by atoms with Gasteiger partial charge in [-0.25, -0.2) is 31.6 Å². The van der Waals surface area contributed by atoms with Gasteiger partial charge in [0.05, 0.1) is 62.7 Å². The van der Waals surface area contributed by atoms with E-state index in [9.17, 15) is 25.8 Å². The Morgan fingerprint density at radius 3 is 2.12 bits per heavy atom. The standard InChI is InChI=1S/C34H35N3O10S3/c1-22-6-11-27(12-7-22)49(40,41)17-16-46-32(38)20-47-25-8-13-28(14-9-25)50(42,43)34(36-29-15-10-26(44-4)18-30(29)37-34)48(39)21-31-24(3)33(45-5)23(2)19-35-31/h6-15,18-19H,16-17,20-21H2,1-5H3. The van der Waals surface area contributed by atoms with Crippen LogP contribution in [0.4, 0.5) is 0 Å². The quantitative estimate of drug-likeness (QED) is 0.174. The molecule has 2 unspecified atom stereocenters. The van der Waals surface area contributed by atoms with Gasteiger partial charge in [0.2, 0.25) is 9.84 Å². The Hall–Kier alpha value is -4.67. The summed E-state index contributed by atoms with van der Waals surface area (Å²) in [5, 5.41) is 0.414. The van der Waals surface area contributed by atoms with Gasteiger partial charge in [0.1, 0.15) is 23.9 Å². The minimum Gasteiger partial charge on any atom is -0.497 e. The van der Waals surface area contributed by atoms with E-state index in [4.69, 9.17) is 18.9 Å². The van der Waals surface area contributed by atoms with Crippen LogP contribution < -0.4 is 24.9 Å². The molecule has 2 atom stereocenters. The Morgan fingerprint density at radius 1 is 0.820 bits per heavy atom. The number of hydrogen-bond acceptors (Lipinski definition) is 13. The van der Waals surface area contributed by atoms with E-state index in [0.717, 1.165) is 11.1 Å². The average molecular weight is 742 g/mol. The van der Waals surface area contributed by atoms with Crippen LogP contribution in [0, 0.1) is 20.8 Å². The van der Waals surface area contributed by atoms with Gasteiger partial charge in [-0.15, -0.1) is 0 Å². The van der Waals surface area contributed by atoms with Crippen molar-refractivity contribution in [3.05, 3.63) is 106 Å². The molecule has 16 heteroatoms. The second-order valence-corrected chi connectivity index (χ2v) is 17.2. The molecular formula is C34H35N3O10S3. The van der Waals surface area contributed by atoms with Gasteiger partial charge in [0.25, 0.3) is 0 Å². The summed E-state index contributed by atoms with van der Waals surface area (Å²) < 4.78 is 86.7. The number of fused-ring (bicyclic) bond motifs is 1. The SMILES string of the molecule is COc1ccc2c(c1)=NC(S(=O)Cc1ncc(C)c(OC)c1C)(S(=O)(=O)c1ccc(OCC(=O)OCCS(=O)(=O)c3ccc(C)cc3)cc1)N=2. The first-order chi connectivity index (χ1) is 23.7. The molecule has 264 valence electrons. The third-order valence-electron chi connectivity index (χ3n) is 7.86. The molecule has 2 heterocycles. The van der Waals surface area contributed by atoms with Crippen LogP contribution in [0.25, 0.3) is 0 Å². The van der Waals surface area contributed by atoms with Crippen LogP contribution in [-0.4, -0.2) is 69.5 Å². The molecule has 0 radical (unpaired) electrons. The van der Waals surface area contributed by atoms with Crippen molar-refractivity contribution in [1.82, 2.24) is 4.98 Å². The number of methoxy groups -OCH3 is 2. The summed E-state index contributed by atoms with van der Waals surface area (Å²) in [6.07, 6.45) is 1.56. The van der Waals surface area contributed by atoms with Gasteiger partial charge in [0.15, 0.2) is 16.4 Å². The van der Waals surface area contributed by atoms with Gasteiger partial charge in [-0.05, 0) is 69.3 Å². The third-order valence-corrected chi connectivity index (χ3v) is 13.9. The lowest BCUT2D eigenvalue weighted by Crippen LogP contribution is -2.40. The largest absolute Gasteiger partial charge is 0.497 e. The lowest BCUT2D eigenvalue weighted by Gasteiger charge is -2.23. The van der Waals surface area contributed by atoms with Gasteiger partial charge in [0, 0.05) is 23.4 Å². The molecule has 0 fully saturated rings. The minimum absolute atomic E-state index is 0.125. The van der Waals surface area contributed by atoms with E-state index in [1.807, 2.05) is 13.8 Å². The summed E-state index contributed by atoms with van der Waals surface area (Å²) in [7, 11) is -7.56. The fraction of sp³-hybridized carbons (Fsp3) is 0.294. The number of rotatable bonds is 14. The van der Waals surface area contributed by atoms with Crippen LogP contribution in [0.2, 0.25) is 0 Å². The second-order valence-electron chi connectivity index (χ2n) is 11.3. The Bertz CT molecular complexity index is 2300. The second kappa shape index (κ2) is 14.7. The zero-order chi connectivity index (χ0) is 36.3. The lowest BCUT2D eigenvalue weighted by atomic mass is 10.1. The van der Waals surface area contributed by atoms with Crippen molar-refractivity contribution >= 4 is 36.4 Å². The summed E-state index contributed by atoms with van der Waals surface area (Å²) in [5.74, 6) is -0.432. The molecule has 3 aromatic carbocycles. The minimum atomic E-state index is -4.58. The third kappa shape index (κ3) is 7.41. The van der Waals surface area contributed by atoms with E-state index in [1.165, 1.54) is 56.7 Å². The van der Waals surface area contributed by atoms with Crippen LogP contribution in [0.15, 0.2) is 92.7 Å². The predicted octanol–water partition coefficient (Wildman–Crippen LogP) is 2.71. The zero-order valence-electron chi connectivity index (χ0n) is 27.9. The van der Waals surface area contributed by atoms with E-state index in [2.05, 4.69) is 15.0 Å². The highest BCUT2D eigenvalue weighted by Gasteiger charge is 2.52. The molecule has 0 bridgehead atoms. The number of aryl methyl sites for hydroxylation is 2. The number of pyridine rings is 1. The number of carbonyl (C=O) groups excluding carboxylic acids is 1. The van der Waals surface area contributed by atoms with E-state index in [0.29, 0.717) is 22.8 Å². The molecule has 1 aliphatic rings. The van der Waals surface area contributed by atoms with Crippen molar-refractivity contribution in [3.63, 3.8) is 0 Å². The number of esters is 1. The maximum Gasteiger partial charge on any atom is 0.344 e. The summed E-state index contributed by atoms with van der Waals surface area (Å²) in [5.41, 5.74) is 2.65. The molecule has 5 rings (SSSR count). The van der Waals surface area contributed by atoms with Gasteiger partial charge >= 0.3 is 10.3 Å². The molecule has 1 aromatic heterocycles. The number of ether oxygens (including phenoxy) is 4. The number of nitrogens with zero attached hydrogens (tertiary/aromatic N) is 3. The van der Waals surface area contributed by atoms with Gasteiger partial charge < -0.3 is 18.9 Å². The maximum atomic E-state index is 14.3. The molecule has 0 spiro atoms. The molecule has 50 heavy (non-hydrogen) atoms. The number of carbonyl (C=O) groups is 1. The van der Waals surface area contributed by atoms with E-state index >= 15 is 0 Å². The molecular weight excluding hydrogens is 707 g/mol. The number of hydrogen-bond donors (Lipinski definition) is 0. The van der Waals surface area contributed by atoms with Crippen molar-refractivity contribution in [2.45, 2.75) is 40.6 Å². The van der Waals surface area contributed by atoms with E-state index < -0.39 is 53.1 Å². The molecule has 0 N–H and O–H groups in total. The topological polar surface area (TPSA) is 177 Å². The molecule has 0 saturated carbocycles. The lowest BCUT2D eigenvalue weighted by molar-refractivity contribution is -0.145. The van der Waals surface area contributed by atoms with Crippen LogP contribution in [0.1, 0.15) is 22.4 Å². The normalized spacial score (nSPS) is 16.0. The van der Waals surface area contributed by atoms with Crippen LogP contribution in [0.5, 0.6) is 17.2 Å². The smallest absolute Gasteiger partial charge is 0.344 e. The fourth-order valence-electron chi connectivity index (χ4n) is 5.10. The highest BCUT2D eigenvalue weighted by atomic mass is 32.3. The van der Waals surface area contributed by atoms with E-state index in [1.54, 1.807) is 37.4 Å². The molecule has 13 nitrogen and oxygen atoms in total. The average Bonchev–Trinajstić information content (AvgIpc) is 3.50.